The normalized spacial score (nSPS) is 9.73. The average molecular weight is 172 g/mol. The number of aliphatic hydroxyl groups excluding tert-OH is 1. The zero-order chi connectivity index (χ0) is 8.27. The lowest BCUT2D eigenvalue weighted by molar-refractivity contribution is 0.282. The van der Waals surface area contributed by atoms with Gasteiger partial charge in [0, 0.05) is 7.05 Å². The number of nitrogens with one attached hydrogen (secondary N) is 1. The van der Waals surface area contributed by atoms with E-state index in [1.807, 2.05) is 12.1 Å². The number of hydrogen-bond donors (Lipinski definition) is 2. The quantitative estimate of drug-likeness (QED) is 0.712. The van der Waals surface area contributed by atoms with E-state index in [1.165, 1.54) is 0 Å². The first-order chi connectivity index (χ1) is 5.27. The second-order valence-electron chi connectivity index (χ2n) is 2.22. The first-order valence-corrected chi connectivity index (χ1v) is 3.72. The zero-order valence-corrected chi connectivity index (χ0v) is 7.02. The van der Waals surface area contributed by atoms with Gasteiger partial charge < -0.3 is 10.4 Å². The molecule has 0 spiro atoms. The van der Waals surface area contributed by atoms with Crippen molar-refractivity contribution in [2.75, 3.05) is 12.4 Å². The van der Waals surface area contributed by atoms with Crippen LogP contribution in [0.2, 0.25) is 5.02 Å². The van der Waals surface area contributed by atoms with Crippen molar-refractivity contribution in [2.45, 2.75) is 6.61 Å². The van der Waals surface area contributed by atoms with E-state index < -0.39 is 0 Å². The third-order valence-corrected chi connectivity index (χ3v) is 1.80. The Morgan fingerprint density at radius 2 is 2.27 bits per heavy atom. The first-order valence-electron chi connectivity index (χ1n) is 3.35. The maximum atomic E-state index is 8.75. The molecule has 3 heteroatoms. The Morgan fingerprint density at radius 1 is 1.55 bits per heavy atom. The predicted octanol–water partition coefficient (Wildman–Crippen LogP) is 1.87. The molecule has 2 N–H and O–H groups in total. The highest BCUT2D eigenvalue weighted by Crippen LogP contribution is 2.22. The fourth-order valence-corrected chi connectivity index (χ4v) is 1.16. The predicted molar refractivity (Wildman–Crippen MR) is 46.9 cm³/mol. The van der Waals surface area contributed by atoms with Gasteiger partial charge in [0.15, 0.2) is 0 Å². The molecular weight excluding hydrogens is 162 g/mol. The van der Waals surface area contributed by atoms with Crippen LogP contribution < -0.4 is 5.32 Å². The number of hydrogen-bond acceptors (Lipinski definition) is 2. The molecule has 0 aliphatic heterocycles. The summed E-state index contributed by atoms with van der Waals surface area (Å²) in [6.07, 6.45) is 0. The van der Waals surface area contributed by atoms with Crippen molar-refractivity contribution >= 4 is 17.3 Å². The molecule has 0 radical (unpaired) electrons. The summed E-state index contributed by atoms with van der Waals surface area (Å²) in [5.74, 6) is 0. The zero-order valence-electron chi connectivity index (χ0n) is 6.26. The molecule has 0 saturated heterocycles. The maximum Gasteiger partial charge on any atom is 0.0682 e. The minimum atomic E-state index is 0.0315. The van der Waals surface area contributed by atoms with Gasteiger partial charge >= 0.3 is 0 Å². The summed E-state index contributed by atoms with van der Waals surface area (Å²) in [6, 6.07) is 5.42. The van der Waals surface area contributed by atoms with Crippen LogP contribution in [0.25, 0.3) is 0 Å². The van der Waals surface area contributed by atoms with Gasteiger partial charge in [-0.2, -0.15) is 0 Å². The number of halogens is 1. The number of aliphatic hydroxyl groups is 1. The molecule has 0 aromatic heterocycles. The highest BCUT2D eigenvalue weighted by atomic mass is 35.5. The van der Waals surface area contributed by atoms with E-state index in [2.05, 4.69) is 5.32 Å². The number of benzene rings is 1. The van der Waals surface area contributed by atoms with Crippen LogP contribution in [0, 0.1) is 0 Å². The molecule has 0 heterocycles. The Kier molecular flexibility index (Phi) is 2.74. The molecule has 0 bridgehead atoms. The van der Waals surface area contributed by atoms with Crippen molar-refractivity contribution in [2.24, 2.45) is 0 Å². The van der Waals surface area contributed by atoms with Crippen molar-refractivity contribution in [1.82, 2.24) is 0 Å². The summed E-state index contributed by atoms with van der Waals surface area (Å²) in [4.78, 5) is 0. The largest absolute Gasteiger partial charge is 0.392 e. The maximum absolute atomic E-state index is 8.75. The van der Waals surface area contributed by atoms with Crippen molar-refractivity contribution in [3.05, 3.63) is 28.8 Å². The van der Waals surface area contributed by atoms with Crippen LogP contribution >= 0.6 is 11.6 Å². The van der Waals surface area contributed by atoms with Crippen LogP contribution in [0.5, 0.6) is 0 Å². The first kappa shape index (κ1) is 8.37. The Hall–Kier alpha value is -0.730. The molecule has 60 valence electrons. The van der Waals surface area contributed by atoms with Gasteiger partial charge in [0.25, 0.3) is 0 Å². The van der Waals surface area contributed by atoms with Crippen molar-refractivity contribution in [1.29, 1.82) is 0 Å². The van der Waals surface area contributed by atoms with Crippen LogP contribution in [-0.4, -0.2) is 12.2 Å². The molecule has 0 unspecified atom stereocenters. The van der Waals surface area contributed by atoms with Gasteiger partial charge in [0.1, 0.15) is 0 Å². The van der Waals surface area contributed by atoms with Gasteiger partial charge in [0.2, 0.25) is 0 Å². The van der Waals surface area contributed by atoms with Gasteiger partial charge in [-0.05, 0) is 17.7 Å². The van der Waals surface area contributed by atoms with Crippen LogP contribution in [0.3, 0.4) is 0 Å². The summed E-state index contributed by atoms with van der Waals surface area (Å²) in [7, 11) is 1.81. The van der Waals surface area contributed by atoms with Crippen LogP contribution in [0.15, 0.2) is 18.2 Å². The van der Waals surface area contributed by atoms with Gasteiger partial charge in [-0.25, -0.2) is 0 Å². The topological polar surface area (TPSA) is 32.3 Å². The summed E-state index contributed by atoms with van der Waals surface area (Å²) in [5.41, 5.74) is 1.71. The van der Waals surface area contributed by atoms with Crippen LogP contribution in [0.4, 0.5) is 5.69 Å². The molecule has 0 amide bonds. The van der Waals surface area contributed by atoms with E-state index in [4.69, 9.17) is 16.7 Å². The van der Waals surface area contributed by atoms with Crippen LogP contribution in [-0.2, 0) is 6.61 Å². The molecule has 1 rings (SSSR count). The van der Waals surface area contributed by atoms with Crippen molar-refractivity contribution < 1.29 is 5.11 Å². The molecule has 2 nitrogen and oxygen atoms in total. The van der Waals surface area contributed by atoms with Gasteiger partial charge in [-0.3, -0.25) is 0 Å². The summed E-state index contributed by atoms with van der Waals surface area (Å²) in [5, 5.41) is 12.3. The Labute approximate surface area is 70.8 Å². The highest BCUT2D eigenvalue weighted by molar-refractivity contribution is 6.33. The molecule has 0 fully saturated rings. The second-order valence-corrected chi connectivity index (χ2v) is 2.63. The third kappa shape index (κ3) is 1.85. The molecule has 11 heavy (non-hydrogen) atoms. The van der Waals surface area contributed by atoms with Crippen LogP contribution in [0.1, 0.15) is 5.56 Å². The van der Waals surface area contributed by atoms with E-state index in [-0.39, 0.29) is 6.61 Å². The molecule has 0 aliphatic carbocycles. The molecule has 0 saturated carbocycles. The van der Waals surface area contributed by atoms with Gasteiger partial charge in [0.05, 0.1) is 17.3 Å². The fourth-order valence-electron chi connectivity index (χ4n) is 0.860. The second kappa shape index (κ2) is 3.60. The summed E-state index contributed by atoms with van der Waals surface area (Å²) >= 11 is 5.83. The minimum Gasteiger partial charge on any atom is -0.392 e. The lowest BCUT2D eigenvalue weighted by Crippen LogP contribution is -1.90. The number of anilines is 1. The van der Waals surface area contributed by atoms with E-state index in [0.717, 1.165) is 11.3 Å². The Balaban J connectivity index is 2.99. The summed E-state index contributed by atoms with van der Waals surface area (Å²) < 4.78 is 0. The van der Waals surface area contributed by atoms with E-state index >= 15 is 0 Å². The molecule has 0 aliphatic rings. The smallest absolute Gasteiger partial charge is 0.0682 e. The molecule has 0 atom stereocenters. The minimum absolute atomic E-state index is 0.0315. The fraction of sp³-hybridized carbons (Fsp3) is 0.250. The highest BCUT2D eigenvalue weighted by Gasteiger charge is 1.97. The van der Waals surface area contributed by atoms with Gasteiger partial charge in [-0.1, -0.05) is 17.7 Å². The number of rotatable bonds is 2. The standard InChI is InChI=1S/C8H10ClNO/c1-10-8-3-2-6(5-11)4-7(8)9/h2-4,10-11H,5H2,1H3. The molecular formula is C8H10ClNO. The lowest BCUT2D eigenvalue weighted by atomic mass is 10.2. The average Bonchev–Trinajstić information content (AvgIpc) is 2.04. The van der Waals surface area contributed by atoms with Crippen molar-refractivity contribution in [3.8, 4) is 0 Å². The molecule has 1 aromatic carbocycles. The van der Waals surface area contributed by atoms with E-state index in [0.29, 0.717) is 5.02 Å². The Bertz CT molecular complexity index is 250. The monoisotopic (exact) mass is 171 g/mol. The lowest BCUT2D eigenvalue weighted by Gasteiger charge is -2.03. The van der Waals surface area contributed by atoms with Gasteiger partial charge in [-0.15, -0.1) is 0 Å². The third-order valence-electron chi connectivity index (χ3n) is 1.49. The SMILES string of the molecule is CNc1ccc(CO)cc1Cl. The summed E-state index contributed by atoms with van der Waals surface area (Å²) in [6.45, 7) is 0.0315. The van der Waals surface area contributed by atoms with E-state index in [1.54, 1.807) is 13.1 Å². The van der Waals surface area contributed by atoms with Crippen molar-refractivity contribution in [3.63, 3.8) is 0 Å². The molecule has 1 aromatic rings. The Morgan fingerprint density at radius 3 is 2.73 bits per heavy atom. The van der Waals surface area contributed by atoms with E-state index in [9.17, 15) is 0 Å².